The Bertz CT molecular complexity index is 1210. The van der Waals surface area contributed by atoms with Crippen LogP contribution >= 0.6 is 0 Å². The Kier molecular flexibility index (Phi) is 6.10. The number of ether oxygens (including phenoxy) is 1. The molecule has 170 valence electrons. The van der Waals surface area contributed by atoms with E-state index in [4.69, 9.17) is 9.72 Å². The number of aryl methyl sites for hydroxylation is 1. The van der Waals surface area contributed by atoms with Crippen molar-refractivity contribution in [2.24, 2.45) is 7.05 Å². The lowest BCUT2D eigenvalue weighted by Crippen LogP contribution is -2.40. The Balaban J connectivity index is 1.81. The molecule has 1 atom stereocenters. The van der Waals surface area contributed by atoms with Crippen molar-refractivity contribution in [3.8, 4) is 0 Å². The van der Waals surface area contributed by atoms with E-state index < -0.39 is 23.8 Å². The number of benzene rings is 2. The molecule has 9 heteroatoms. The molecule has 1 N–H and O–H groups in total. The van der Waals surface area contributed by atoms with E-state index in [9.17, 15) is 18.0 Å². The lowest BCUT2D eigenvalue weighted by molar-refractivity contribution is 0.121. The number of rotatable bonds is 5. The van der Waals surface area contributed by atoms with Crippen LogP contribution in [0.15, 0.2) is 35.1 Å². The van der Waals surface area contributed by atoms with Gasteiger partial charge in [-0.25, -0.2) is 18.2 Å². The minimum Gasteiger partial charge on any atom is -0.378 e. The topological polar surface area (TPSA) is 59.4 Å². The number of nitrogens with one attached hydrogen (secondary N) is 1. The fraction of sp³-hybridized carbons (Fsp3) is 0.391. The standard InChI is InChI=1S/C23H25F3N4O2/c1-13-10-16(14(2)27-19-5-4-15(24)12-17(19)21(25)26)20-18(11-13)22(31)29(3)23(28-20)30-6-8-32-9-7-30/h4-5,10-12,14,21,27H,6-9H2,1-3H3/t14-/m1/s1. The van der Waals surface area contributed by atoms with Crippen molar-refractivity contribution in [1.29, 1.82) is 0 Å². The lowest BCUT2D eigenvalue weighted by Gasteiger charge is -2.29. The van der Waals surface area contributed by atoms with Gasteiger partial charge in [-0.3, -0.25) is 9.36 Å². The molecule has 1 aliphatic heterocycles. The summed E-state index contributed by atoms with van der Waals surface area (Å²) >= 11 is 0. The maximum absolute atomic E-state index is 13.5. The molecule has 1 saturated heterocycles. The van der Waals surface area contributed by atoms with E-state index in [1.807, 2.05) is 17.9 Å². The van der Waals surface area contributed by atoms with Crippen LogP contribution in [0.4, 0.5) is 24.8 Å². The van der Waals surface area contributed by atoms with Gasteiger partial charge in [0.15, 0.2) is 0 Å². The smallest absolute Gasteiger partial charge is 0.265 e. The number of fused-ring (bicyclic) bond motifs is 1. The quantitative estimate of drug-likeness (QED) is 0.632. The number of nitrogens with zero attached hydrogens (tertiary/aromatic N) is 3. The van der Waals surface area contributed by atoms with Gasteiger partial charge in [-0.1, -0.05) is 6.07 Å². The monoisotopic (exact) mass is 446 g/mol. The van der Waals surface area contributed by atoms with E-state index in [0.717, 1.165) is 17.7 Å². The van der Waals surface area contributed by atoms with Gasteiger partial charge in [-0.2, -0.15) is 0 Å². The number of alkyl halides is 2. The summed E-state index contributed by atoms with van der Waals surface area (Å²) in [5.41, 5.74) is 1.63. The Morgan fingerprint density at radius 2 is 1.84 bits per heavy atom. The van der Waals surface area contributed by atoms with Gasteiger partial charge in [0, 0.05) is 37.0 Å². The Morgan fingerprint density at radius 1 is 1.12 bits per heavy atom. The summed E-state index contributed by atoms with van der Waals surface area (Å²) in [6, 6.07) is 6.49. The molecule has 0 radical (unpaired) electrons. The molecule has 1 aliphatic rings. The molecule has 2 aromatic carbocycles. The first-order valence-electron chi connectivity index (χ1n) is 10.4. The highest BCUT2D eigenvalue weighted by atomic mass is 19.3. The molecule has 0 amide bonds. The first kappa shape index (κ1) is 22.1. The summed E-state index contributed by atoms with van der Waals surface area (Å²) in [4.78, 5) is 20.0. The Morgan fingerprint density at radius 3 is 2.53 bits per heavy atom. The molecule has 3 aromatic rings. The highest BCUT2D eigenvalue weighted by Gasteiger charge is 2.22. The third kappa shape index (κ3) is 4.17. The van der Waals surface area contributed by atoms with E-state index in [1.165, 1.54) is 10.6 Å². The second kappa shape index (κ2) is 8.82. The minimum atomic E-state index is -2.83. The van der Waals surface area contributed by atoms with Crippen molar-refractivity contribution in [3.05, 3.63) is 63.2 Å². The van der Waals surface area contributed by atoms with Gasteiger partial charge in [0.1, 0.15) is 5.82 Å². The first-order valence-corrected chi connectivity index (χ1v) is 10.4. The van der Waals surface area contributed by atoms with E-state index >= 15 is 0 Å². The van der Waals surface area contributed by atoms with Crippen molar-refractivity contribution in [3.63, 3.8) is 0 Å². The van der Waals surface area contributed by atoms with E-state index in [0.29, 0.717) is 48.7 Å². The zero-order valence-corrected chi connectivity index (χ0v) is 18.2. The zero-order valence-electron chi connectivity index (χ0n) is 18.2. The third-order valence-electron chi connectivity index (χ3n) is 5.71. The van der Waals surface area contributed by atoms with Crippen LogP contribution in [0.1, 0.15) is 36.1 Å². The summed E-state index contributed by atoms with van der Waals surface area (Å²) < 4.78 is 47.4. The molecule has 0 unspecified atom stereocenters. The van der Waals surface area contributed by atoms with Crippen LogP contribution in [0.2, 0.25) is 0 Å². The van der Waals surface area contributed by atoms with Crippen LogP contribution in [0.3, 0.4) is 0 Å². The van der Waals surface area contributed by atoms with E-state index in [2.05, 4.69) is 5.32 Å². The van der Waals surface area contributed by atoms with Gasteiger partial charge < -0.3 is 15.0 Å². The predicted molar refractivity (Wildman–Crippen MR) is 118 cm³/mol. The molecule has 4 rings (SSSR count). The van der Waals surface area contributed by atoms with Crippen LogP contribution in [0.25, 0.3) is 10.9 Å². The highest BCUT2D eigenvalue weighted by Crippen LogP contribution is 2.32. The SMILES string of the molecule is Cc1cc([C@@H](C)Nc2ccc(F)cc2C(F)F)c2nc(N3CCOCC3)n(C)c(=O)c2c1. The summed E-state index contributed by atoms with van der Waals surface area (Å²) in [5.74, 6) is -0.182. The van der Waals surface area contributed by atoms with Crippen molar-refractivity contribution in [2.75, 3.05) is 36.5 Å². The molecule has 0 aliphatic carbocycles. The number of halogens is 3. The first-order chi connectivity index (χ1) is 15.3. The van der Waals surface area contributed by atoms with Crippen molar-refractivity contribution >= 4 is 22.5 Å². The molecule has 1 aromatic heterocycles. The molecule has 1 fully saturated rings. The molecule has 32 heavy (non-hydrogen) atoms. The van der Waals surface area contributed by atoms with Crippen LogP contribution in [0.5, 0.6) is 0 Å². The predicted octanol–water partition coefficient (Wildman–Crippen LogP) is 4.33. The summed E-state index contributed by atoms with van der Waals surface area (Å²) in [6.07, 6.45) is -2.83. The van der Waals surface area contributed by atoms with Gasteiger partial charge >= 0.3 is 0 Å². The molecule has 0 spiro atoms. The average molecular weight is 446 g/mol. The number of hydrogen-bond donors (Lipinski definition) is 1. The molecule has 2 heterocycles. The summed E-state index contributed by atoms with van der Waals surface area (Å²) in [6.45, 7) is 6.01. The Labute approximate surface area is 183 Å². The number of morpholine rings is 1. The molecule has 6 nitrogen and oxygen atoms in total. The third-order valence-corrected chi connectivity index (χ3v) is 5.71. The molecule has 0 bridgehead atoms. The second-order valence-electron chi connectivity index (χ2n) is 8.02. The van der Waals surface area contributed by atoms with Crippen LogP contribution in [-0.2, 0) is 11.8 Å². The van der Waals surface area contributed by atoms with Gasteiger partial charge in [0.25, 0.3) is 12.0 Å². The van der Waals surface area contributed by atoms with Gasteiger partial charge in [0.2, 0.25) is 5.95 Å². The van der Waals surface area contributed by atoms with E-state index in [1.54, 1.807) is 20.0 Å². The van der Waals surface area contributed by atoms with Crippen molar-refractivity contribution in [1.82, 2.24) is 9.55 Å². The van der Waals surface area contributed by atoms with Gasteiger partial charge in [-0.15, -0.1) is 0 Å². The van der Waals surface area contributed by atoms with E-state index in [-0.39, 0.29) is 11.2 Å². The molecule has 0 saturated carbocycles. The molecular formula is C23H25F3N4O2. The van der Waals surface area contributed by atoms with Gasteiger partial charge in [0.05, 0.1) is 30.2 Å². The van der Waals surface area contributed by atoms with Crippen LogP contribution < -0.4 is 15.8 Å². The normalized spacial score (nSPS) is 15.4. The number of aromatic nitrogens is 2. The number of anilines is 2. The Hall–Kier alpha value is -3.07. The summed E-state index contributed by atoms with van der Waals surface area (Å²) in [5, 5.41) is 3.52. The van der Waals surface area contributed by atoms with Crippen molar-refractivity contribution in [2.45, 2.75) is 26.3 Å². The fourth-order valence-corrected chi connectivity index (χ4v) is 4.07. The number of hydrogen-bond acceptors (Lipinski definition) is 5. The maximum atomic E-state index is 13.5. The molecular weight excluding hydrogens is 421 g/mol. The lowest BCUT2D eigenvalue weighted by atomic mass is 10.0. The largest absolute Gasteiger partial charge is 0.378 e. The summed E-state index contributed by atoms with van der Waals surface area (Å²) in [7, 11) is 1.69. The van der Waals surface area contributed by atoms with Crippen LogP contribution in [0, 0.1) is 12.7 Å². The second-order valence-corrected chi connectivity index (χ2v) is 8.02. The maximum Gasteiger partial charge on any atom is 0.265 e. The van der Waals surface area contributed by atoms with Crippen LogP contribution in [-0.4, -0.2) is 35.9 Å². The zero-order chi connectivity index (χ0) is 23.0. The minimum absolute atomic E-state index is 0.140. The van der Waals surface area contributed by atoms with Crippen molar-refractivity contribution < 1.29 is 17.9 Å². The van der Waals surface area contributed by atoms with Gasteiger partial charge in [-0.05, 0) is 43.7 Å². The average Bonchev–Trinajstić information content (AvgIpc) is 2.77. The fourth-order valence-electron chi connectivity index (χ4n) is 4.07. The highest BCUT2D eigenvalue weighted by molar-refractivity contribution is 5.84.